The Labute approximate surface area is 87.4 Å². The van der Waals surface area contributed by atoms with Crippen molar-refractivity contribution in [1.82, 2.24) is 5.32 Å². The van der Waals surface area contributed by atoms with E-state index in [9.17, 15) is 4.79 Å². The summed E-state index contributed by atoms with van der Waals surface area (Å²) in [4.78, 5) is 11.5. The van der Waals surface area contributed by atoms with Crippen LogP contribution in [0.25, 0.3) is 0 Å². The molecule has 0 aromatic carbocycles. The molecule has 0 aliphatic heterocycles. The van der Waals surface area contributed by atoms with Gasteiger partial charge in [-0.1, -0.05) is 13.5 Å². The highest BCUT2D eigenvalue weighted by Gasteiger charge is 2.26. The number of carbonyl (C=O) groups excluding carboxylic acids is 1. The average Bonchev–Trinajstić information content (AvgIpc) is 2.13. The molecule has 0 fully saturated rings. The van der Waals surface area contributed by atoms with Gasteiger partial charge in [0, 0.05) is 12.0 Å². The molecular formula is C11H23N2O+. The first-order chi connectivity index (χ1) is 6.35. The first-order valence-electron chi connectivity index (χ1n) is 5.14. The van der Waals surface area contributed by atoms with Crippen LogP contribution < -0.4 is 5.32 Å². The fraction of sp³-hybridized carbons (Fsp3) is 0.727. The van der Waals surface area contributed by atoms with Gasteiger partial charge in [0.25, 0.3) is 5.91 Å². The second-order valence-corrected chi connectivity index (χ2v) is 4.27. The van der Waals surface area contributed by atoms with Crippen LogP contribution >= 0.6 is 0 Å². The van der Waals surface area contributed by atoms with Crippen molar-refractivity contribution in [2.24, 2.45) is 0 Å². The summed E-state index contributed by atoms with van der Waals surface area (Å²) in [5.74, 6) is -0.0449. The lowest BCUT2D eigenvalue weighted by atomic mass is 10.2. The Hall–Kier alpha value is -0.830. The van der Waals surface area contributed by atoms with Crippen molar-refractivity contribution in [2.45, 2.75) is 33.4 Å². The quantitative estimate of drug-likeness (QED) is 0.406. The molecule has 0 saturated carbocycles. The van der Waals surface area contributed by atoms with Crippen molar-refractivity contribution in [3.8, 4) is 0 Å². The molecule has 82 valence electrons. The molecule has 14 heavy (non-hydrogen) atoms. The normalized spacial score (nSPS) is 13.5. The van der Waals surface area contributed by atoms with Crippen molar-refractivity contribution in [3.05, 3.63) is 12.2 Å². The van der Waals surface area contributed by atoms with E-state index in [1.807, 2.05) is 0 Å². The van der Waals surface area contributed by atoms with Crippen molar-refractivity contribution in [1.29, 1.82) is 0 Å². The zero-order valence-electron chi connectivity index (χ0n) is 10.1. The highest BCUT2D eigenvalue weighted by molar-refractivity contribution is 5.92. The van der Waals surface area contributed by atoms with E-state index in [1.165, 1.54) is 0 Å². The fourth-order valence-electron chi connectivity index (χ4n) is 1.27. The van der Waals surface area contributed by atoms with Gasteiger partial charge in [-0.3, -0.25) is 4.79 Å². The van der Waals surface area contributed by atoms with Gasteiger partial charge in [0.2, 0.25) is 0 Å². The van der Waals surface area contributed by atoms with Crippen LogP contribution in [0.4, 0.5) is 0 Å². The molecule has 0 aliphatic carbocycles. The Kier molecular flexibility index (Phi) is 4.85. The molecule has 0 heterocycles. The number of hydrogen-bond acceptors (Lipinski definition) is 1. The maximum atomic E-state index is 11.5. The summed E-state index contributed by atoms with van der Waals surface area (Å²) in [7, 11) is 4.24. The van der Waals surface area contributed by atoms with Gasteiger partial charge in [0.05, 0.1) is 20.6 Å². The maximum Gasteiger partial charge on any atom is 0.250 e. The summed E-state index contributed by atoms with van der Waals surface area (Å²) in [5, 5.41) is 2.99. The van der Waals surface area contributed by atoms with Gasteiger partial charge in [0.15, 0.2) is 6.17 Å². The monoisotopic (exact) mass is 199 g/mol. The third-order valence-corrected chi connectivity index (χ3v) is 2.73. The van der Waals surface area contributed by atoms with Gasteiger partial charge in [-0.25, -0.2) is 0 Å². The van der Waals surface area contributed by atoms with E-state index in [2.05, 4.69) is 39.8 Å². The summed E-state index contributed by atoms with van der Waals surface area (Å²) in [6.45, 7) is 10.6. The second-order valence-electron chi connectivity index (χ2n) is 4.27. The number of amides is 1. The minimum atomic E-state index is -0.0449. The van der Waals surface area contributed by atoms with Crippen LogP contribution in [0, 0.1) is 0 Å². The van der Waals surface area contributed by atoms with E-state index < -0.39 is 0 Å². The van der Waals surface area contributed by atoms with Crippen molar-refractivity contribution in [3.63, 3.8) is 0 Å². The lowest BCUT2D eigenvalue weighted by Gasteiger charge is -2.36. The predicted octanol–water partition coefficient (Wildman–Crippen LogP) is 1.51. The van der Waals surface area contributed by atoms with Crippen LogP contribution in [0.2, 0.25) is 0 Å². The Morgan fingerprint density at radius 2 is 1.93 bits per heavy atom. The van der Waals surface area contributed by atoms with Crippen LogP contribution in [0.5, 0.6) is 0 Å². The molecule has 1 atom stereocenters. The molecule has 0 radical (unpaired) electrons. The lowest BCUT2D eigenvalue weighted by Crippen LogP contribution is -2.57. The summed E-state index contributed by atoms with van der Waals surface area (Å²) in [5.41, 5.74) is 0.569. The predicted molar refractivity (Wildman–Crippen MR) is 59.7 cm³/mol. The van der Waals surface area contributed by atoms with Crippen LogP contribution in [0.15, 0.2) is 12.2 Å². The highest BCUT2D eigenvalue weighted by Crippen LogP contribution is 2.07. The van der Waals surface area contributed by atoms with E-state index in [0.717, 1.165) is 17.4 Å². The van der Waals surface area contributed by atoms with Gasteiger partial charge >= 0.3 is 0 Å². The fourth-order valence-corrected chi connectivity index (χ4v) is 1.27. The van der Waals surface area contributed by atoms with Gasteiger partial charge in [0.1, 0.15) is 0 Å². The molecule has 0 saturated heterocycles. The molecule has 1 N–H and O–H groups in total. The third-order valence-electron chi connectivity index (χ3n) is 2.73. The first kappa shape index (κ1) is 13.2. The Balaban J connectivity index is 4.44. The molecular weight excluding hydrogens is 176 g/mol. The molecule has 0 spiro atoms. The minimum Gasteiger partial charge on any atom is -0.309 e. The van der Waals surface area contributed by atoms with Crippen molar-refractivity contribution >= 4 is 5.91 Å². The highest BCUT2D eigenvalue weighted by atomic mass is 16.1. The van der Waals surface area contributed by atoms with E-state index in [-0.39, 0.29) is 12.1 Å². The number of rotatable bonds is 5. The van der Waals surface area contributed by atoms with Gasteiger partial charge in [-0.15, -0.1) is 0 Å². The zero-order chi connectivity index (χ0) is 11.4. The van der Waals surface area contributed by atoms with Crippen LogP contribution in [0.3, 0.4) is 0 Å². The van der Waals surface area contributed by atoms with Crippen LogP contribution in [-0.2, 0) is 4.79 Å². The largest absolute Gasteiger partial charge is 0.309 e. The lowest BCUT2D eigenvalue weighted by molar-refractivity contribution is -0.915. The minimum absolute atomic E-state index is 0.0449. The number of quaternary nitrogens is 1. The van der Waals surface area contributed by atoms with E-state index in [1.54, 1.807) is 6.92 Å². The standard InChI is InChI=1S/C11H22N2O/c1-7-10(13(5,6)8-2)12-11(14)9(3)4/h10H,3,7-8H2,1-2,4-6H3/p+1. The first-order valence-corrected chi connectivity index (χ1v) is 5.14. The van der Waals surface area contributed by atoms with Crippen LogP contribution in [0.1, 0.15) is 27.2 Å². The summed E-state index contributed by atoms with van der Waals surface area (Å²) < 4.78 is 0.801. The molecule has 0 aromatic heterocycles. The molecule has 1 amide bonds. The topological polar surface area (TPSA) is 29.1 Å². The van der Waals surface area contributed by atoms with Gasteiger partial charge in [-0.2, -0.15) is 0 Å². The second kappa shape index (κ2) is 5.15. The summed E-state index contributed by atoms with van der Waals surface area (Å²) in [6.07, 6.45) is 1.10. The molecule has 0 aromatic rings. The Morgan fingerprint density at radius 1 is 1.43 bits per heavy atom. The van der Waals surface area contributed by atoms with Crippen LogP contribution in [-0.4, -0.2) is 37.2 Å². The molecule has 1 unspecified atom stereocenters. The Bertz CT molecular complexity index is 221. The number of nitrogens with zero attached hydrogens (tertiary/aromatic N) is 1. The zero-order valence-corrected chi connectivity index (χ0v) is 10.1. The number of hydrogen-bond donors (Lipinski definition) is 1. The SMILES string of the molecule is C=C(C)C(=O)NC(CC)[N+](C)(C)CC. The summed E-state index contributed by atoms with van der Waals surface area (Å²) in [6, 6.07) is 0. The molecule has 0 rings (SSSR count). The Morgan fingerprint density at radius 3 is 2.21 bits per heavy atom. The van der Waals surface area contributed by atoms with Crippen molar-refractivity contribution < 1.29 is 9.28 Å². The number of nitrogens with one attached hydrogen (secondary N) is 1. The molecule has 3 heteroatoms. The summed E-state index contributed by atoms with van der Waals surface area (Å²) >= 11 is 0. The van der Waals surface area contributed by atoms with E-state index >= 15 is 0 Å². The molecule has 0 aliphatic rings. The molecule has 0 bridgehead atoms. The van der Waals surface area contributed by atoms with E-state index in [0.29, 0.717) is 5.57 Å². The van der Waals surface area contributed by atoms with Gasteiger partial charge in [-0.05, 0) is 13.8 Å². The molecule has 3 nitrogen and oxygen atoms in total. The third kappa shape index (κ3) is 3.50. The number of carbonyl (C=O) groups is 1. The average molecular weight is 199 g/mol. The van der Waals surface area contributed by atoms with Crippen molar-refractivity contribution in [2.75, 3.05) is 20.6 Å². The van der Waals surface area contributed by atoms with E-state index in [4.69, 9.17) is 0 Å². The van der Waals surface area contributed by atoms with Gasteiger partial charge < -0.3 is 9.80 Å². The smallest absolute Gasteiger partial charge is 0.250 e. The maximum absolute atomic E-state index is 11.5.